The molecule has 0 radical (unpaired) electrons. The topological polar surface area (TPSA) is 0 Å². The normalized spacial score (nSPS) is 30.7. The molecule has 0 unspecified atom stereocenters. The summed E-state index contributed by atoms with van der Waals surface area (Å²) in [6, 6.07) is 27.5. The average molecular weight is 557 g/mol. The average Bonchev–Trinajstić information content (AvgIpc) is 2.96. The Kier molecular flexibility index (Phi) is 6.69. The fraction of sp³-hybridized carbons (Fsp3) is 0.524. The fourth-order valence-corrected chi connectivity index (χ4v) is 11.2. The van der Waals surface area contributed by atoms with Crippen molar-refractivity contribution in [3.8, 4) is 0 Å². The molecule has 4 atom stereocenters. The van der Waals surface area contributed by atoms with E-state index in [1.165, 1.54) is 85.8 Å². The molecule has 4 aromatic rings. The molecule has 220 valence electrons. The molecule has 0 aromatic heterocycles. The third-order valence-electron chi connectivity index (χ3n) is 13.1. The predicted octanol–water partition coefficient (Wildman–Crippen LogP) is 11.7. The molecule has 0 bridgehead atoms. The Morgan fingerprint density at radius 3 is 1.31 bits per heavy atom. The van der Waals surface area contributed by atoms with Crippen molar-refractivity contribution < 1.29 is 0 Å². The van der Waals surface area contributed by atoms with Gasteiger partial charge in [0.25, 0.3) is 0 Å². The van der Waals surface area contributed by atoms with Crippen LogP contribution in [-0.4, -0.2) is 0 Å². The molecule has 0 N–H and O–H groups in total. The molecule has 8 rings (SSSR count). The molecule has 4 aromatic carbocycles. The summed E-state index contributed by atoms with van der Waals surface area (Å²) in [5, 5.41) is 5.82. The number of benzene rings is 4. The van der Waals surface area contributed by atoms with Gasteiger partial charge >= 0.3 is 0 Å². The van der Waals surface area contributed by atoms with Crippen LogP contribution in [0.15, 0.2) is 72.8 Å². The van der Waals surface area contributed by atoms with Crippen LogP contribution in [0, 0.1) is 22.7 Å². The second-order valence-corrected chi connectivity index (χ2v) is 16.3. The smallest absolute Gasteiger partial charge is 0.00389 e. The van der Waals surface area contributed by atoms with Crippen molar-refractivity contribution in [2.75, 3.05) is 0 Å². The van der Waals surface area contributed by atoms with Gasteiger partial charge in [-0.15, -0.1) is 0 Å². The van der Waals surface area contributed by atoms with E-state index in [0.29, 0.717) is 21.7 Å². The Balaban J connectivity index is 0.000000137. The van der Waals surface area contributed by atoms with Gasteiger partial charge in [-0.1, -0.05) is 127 Å². The molecular weight excluding hydrogens is 504 g/mol. The highest BCUT2D eigenvalue weighted by Crippen LogP contribution is 2.59. The minimum atomic E-state index is 0.388. The molecule has 0 amide bonds. The zero-order valence-corrected chi connectivity index (χ0v) is 27.2. The molecule has 0 aliphatic heterocycles. The first-order chi connectivity index (χ1) is 20.0. The summed E-state index contributed by atoms with van der Waals surface area (Å²) in [4.78, 5) is 0. The molecule has 2 fully saturated rings. The molecule has 4 aliphatic rings. The van der Waals surface area contributed by atoms with E-state index in [1.54, 1.807) is 22.3 Å². The molecule has 2 saturated carbocycles. The van der Waals surface area contributed by atoms with Gasteiger partial charge in [-0.25, -0.2) is 0 Å². The number of rotatable bonds is 0. The van der Waals surface area contributed by atoms with Crippen molar-refractivity contribution in [3.63, 3.8) is 0 Å². The molecule has 4 aliphatic carbocycles. The highest BCUT2D eigenvalue weighted by Gasteiger charge is 2.51. The minimum absolute atomic E-state index is 0.388. The van der Waals surface area contributed by atoms with Gasteiger partial charge in [-0.2, -0.15) is 0 Å². The van der Waals surface area contributed by atoms with Gasteiger partial charge in [0.05, 0.1) is 0 Å². The lowest BCUT2D eigenvalue weighted by molar-refractivity contribution is 0.0409. The maximum absolute atomic E-state index is 2.55. The molecule has 0 nitrogen and oxygen atoms in total. The lowest BCUT2D eigenvalue weighted by Gasteiger charge is -2.54. The van der Waals surface area contributed by atoms with E-state index in [9.17, 15) is 0 Å². The van der Waals surface area contributed by atoms with Crippen LogP contribution >= 0.6 is 0 Å². The maximum atomic E-state index is 2.55. The zero-order chi connectivity index (χ0) is 29.3. The van der Waals surface area contributed by atoms with Crippen molar-refractivity contribution in [3.05, 3.63) is 95.1 Å². The fourth-order valence-electron chi connectivity index (χ4n) is 11.2. The summed E-state index contributed by atoms with van der Waals surface area (Å²) in [6.45, 7) is 15.1. The summed E-state index contributed by atoms with van der Waals surface area (Å²) in [6.07, 6.45) is 13.6. The van der Waals surface area contributed by atoms with E-state index >= 15 is 0 Å². The molecule has 0 heterocycles. The van der Waals surface area contributed by atoms with Crippen molar-refractivity contribution >= 4 is 21.5 Å². The molecule has 0 saturated heterocycles. The lowest BCUT2D eigenvalue weighted by atomic mass is 9.50. The van der Waals surface area contributed by atoms with Gasteiger partial charge in [0, 0.05) is 0 Å². The SMILES string of the molecule is CC1(C)CCC[C@]2(C)c3ccc4ccccc4c3CC[C@@H]12.CC1(C)CCC[C@]2(C)c3ccc4ccccc4c3CC[C@@H]12. The van der Waals surface area contributed by atoms with Gasteiger partial charge in [0.2, 0.25) is 0 Å². The molecule has 42 heavy (non-hydrogen) atoms. The zero-order valence-electron chi connectivity index (χ0n) is 27.2. The molecule has 0 heteroatoms. The Hall–Kier alpha value is -2.60. The standard InChI is InChI=1S/2C21H26/c2*1-20(2)13-6-14-21(3)18-11-9-15-7-4-5-8-16(15)17(18)10-12-19(20)21/h2*4-5,7-9,11,19H,6,10,12-14H2,1-3H3/t2*19-,21+/m00/s1. The van der Waals surface area contributed by atoms with Crippen LogP contribution in [0.5, 0.6) is 0 Å². The van der Waals surface area contributed by atoms with Crippen LogP contribution in [0.2, 0.25) is 0 Å². The summed E-state index contributed by atoms with van der Waals surface area (Å²) in [5.74, 6) is 1.68. The first-order valence-corrected chi connectivity index (χ1v) is 17.1. The highest BCUT2D eigenvalue weighted by molar-refractivity contribution is 5.88. The molecule has 0 spiro atoms. The summed E-state index contributed by atoms with van der Waals surface area (Å²) in [5.41, 5.74) is 8.37. The maximum Gasteiger partial charge on any atom is -0.00389 e. The van der Waals surface area contributed by atoms with Crippen LogP contribution in [0.4, 0.5) is 0 Å². The summed E-state index contributed by atoms with van der Waals surface area (Å²) >= 11 is 0. The Morgan fingerprint density at radius 2 is 0.881 bits per heavy atom. The van der Waals surface area contributed by atoms with Gasteiger partial charge in [0.15, 0.2) is 0 Å². The van der Waals surface area contributed by atoms with Gasteiger partial charge in [0.1, 0.15) is 0 Å². The van der Waals surface area contributed by atoms with Crippen LogP contribution in [0.1, 0.15) is 115 Å². The van der Waals surface area contributed by atoms with E-state index in [1.807, 2.05) is 0 Å². The van der Waals surface area contributed by atoms with Crippen LogP contribution < -0.4 is 0 Å². The van der Waals surface area contributed by atoms with Crippen molar-refractivity contribution in [1.29, 1.82) is 0 Å². The molecular formula is C42H52. The van der Waals surface area contributed by atoms with Crippen molar-refractivity contribution in [2.24, 2.45) is 22.7 Å². The lowest BCUT2D eigenvalue weighted by Crippen LogP contribution is -2.47. The summed E-state index contributed by atoms with van der Waals surface area (Å²) < 4.78 is 0. The van der Waals surface area contributed by atoms with Crippen LogP contribution in [0.25, 0.3) is 21.5 Å². The second-order valence-electron chi connectivity index (χ2n) is 16.3. The van der Waals surface area contributed by atoms with Gasteiger partial charge in [-0.05, 0) is 129 Å². The van der Waals surface area contributed by atoms with Gasteiger partial charge < -0.3 is 0 Å². The van der Waals surface area contributed by atoms with E-state index in [0.717, 1.165) is 11.8 Å². The van der Waals surface area contributed by atoms with E-state index in [4.69, 9.17) is 0 Å². The first kappa shape index (κ1) is 28.2. The summed E-state index contributed by atoms with van der Waals surface area (Å²) in [7, 11) is 0. The van der Waals surface area contributed by atoms with E-state index < -0.39 is 0 Å². The Morgan fingerprint density at radius 1 is 0.476 bits per heavy atom. The predicted molar refractivity (Wildman–Crippen MR) is 181 cm³/mol. The largest absolute Gasteiger partial charge is 0.0616 e. The number of fused-ring (bicyclic) bond motifs is 10. The second kappa shape index (κ2) is 9.97. The highest BCUT2D eigenvalue weighted by atomic mass is 14.5. The van der Waals surface area contributed by atoms with Gasteiger partial charge in [-0.3, -0.25) is 0 Å². The van der Waals surface area contributed by atoms with E-state index in [-0.39, 0.29) is 0 Å². The van der Waals surface area contributed by atoms with Crippen molar-refractivity contribution in [2.45, 2.75) is 117 Å². The first-order valence-electron chi connectivity index (χ1n) is 17.1. The van der Waals surface area contributed by atoms with E-state index in [2.05, 4.69) is 114 Å². The third-order valence-corrected chi connectivity index (χ3v) is 13.1. The monoisotopic (exact) mass is 556 g/mol. The number of aryl methyl sites for hydroxylation is 2. The Bertz CT molecular complexity index is 1510. The Labute approximate surface area is 255 Å². The number of hydrogen-bond acceptors (Lipinski definition) is 0. The number of hydrogen-bond donors (Lipinski definition) is 0. The minimum Gasteiger partial charge on any atom is -0.0616 e. The third kappa shape index (κ3) is 4.30. The van der Waals surface area contributed by atoms with Crippen LogP contribution in [-0.2, 0) is 23.7 Å². The quantitative estimate of drug-likeness (QED) is 0.202. The van der Waals surface area contributed by atoms with Crippen LogP contribution in [0.3, 0.4) is 0 Å². The van der Waals surface area contributed by atoms with Crippen molar-refractivity contribution in [1.82, 2.24) is 0 Å².